The molecule has 0 spiro atoms. The average molecular weight is 325 g/mol. The maximum atomic E-state index is 12.1. The van der Waals surface area contributed by atoms with E-state index in [0.29, 0.717) is 12.3 Å². The van der Waals surface area contributed by atoms with Crippen molar-refractivity contribution in [2.24, 2.45) is 0 Å². The first kappa shape index (κ1) is 16.5. The van der Waals surface area contributed by atoms with Gasteiger partial charge in [0.1, 0.15) is 5.75 Å². The molecule has 0 radical (unpaired) electrons. The maximum absolute atomic E-state index is 12.1. The molecule has 0 aromatic heterocycles. The molecule has 0 saturated carbocycles. The highest BCUT2D eigenvalue weighted by Gasteiger charge is 2.19. The van der Waals surface area contributed by atoms with Crippen LogP contribution in [0, 0.1) is 0 Å². The number of nitrogens with one attached hydrogen (secondary N) is 1. The van der Waals surface area contributed by atoms with Crippen LogP contribution >= 0.6 is 0 Å². The van der Waals surface area contributed by atoms with E-state index in [4.69, 9.17) is 9.47 Å². The molecule has 1 saturated heterocycles. The SMILES string of the molecule is CC(Oc1ccc(-c2ccccc2)cc1)C(=O)NCC1CCCO1. The third kappa shape index (κ3) is 4.36. The van der Waals surface area contributed by atoms with Gasteiger partial charge in [0.2, 0.25) is 0 Å². The summed E-state index contributed by atoms with van der Waals surface area (Å²) in [5.74, 6) is 0.576. The molecule has 1 fully saturated rings. The van der Waals surface area contributed by atoms with Crippen molar-refractivity contribution in [1.29, 1.82) is 0 Å². The fourth-order valence-corrected chi connectivity index (χ4v) is 2.78. The summed E-state index contributed by atoms with van der Waals surface area (Å²) in [6, 6.07) is 18.0. The van der Waals surface area contributed by atoms with Crippen LogP contribution in [0.1, 0.15) is 19.8 Å². The molecular weight excluding hydrogens is 302 g/mol. The van der Waals surface area contributed by atoms with Crippen molar-refractivity contribution in [2.75, 3.05) is 13.2 Å². The molecule has 1 heterocycles. The third-order valence-corrected chi connectivity index (χ3v) is 4.17. The molecule has 0 bridgehead atoms. The van der Waals surface area contributed by atoms with Gasteiger partial charge in [-0.2, -0.15) is 0 Å². The molecule has 1 N–H and O–H groups in total. The molecule has 1 amide bonds. The Morgan fingerprint density at radius 1 is 1.17 bits per heavy atom. The molecule has 4 heteroatoms. The number of hydrogen-bond donors (Lipinski definition) is 1. The second-order valence-electron chi connectivity index (χ2n) is 6.03. The van der Waals surface area contributed by atoms with Gasteiger partial charge in [-0.05, 0) is 43.0 Å². The minimum atomic E-state index is -0.533. The van der Waals surface area contributed by atoms with Crippen molar-refractivity contribution in [1.82, 2.24) is 5.32 Å². The predicted molar refractivity (Wildman–Crippen MR) is 94.0 cm³/mol. The van der Waals surface area contributed by atoms with Crippen molar-refractivity contribution in [3.8, 4) is 16.9 Å². The van der Waals surface area contributed by atoms with Gasteiger partial charge in [-0.25, -0.2) is 0 Å². The van der Waals surface area contributed by atoms with E-state index in [2.05, 4.69) is 17.4 Å². The van der Waals surface area contributed by atoms with E-state index >= 15 is 0 Å². The molecular formula is C20H23NO3. The van der Waals surface area contributed by atoms with E-state index < -0.39 is 6.10 Å². The lowest BCUT2D eigenvalue weighted by molar-refractivity contribution is -0.127. The van der Waals surface area contributed by atoms with Crippen molar-refractivity contribution < 1.29 is 14.3 Å². The van der Waals surface area contributed by atoms with Crippen LogP contribution in [-0.2, 0) is 9.53 Å². The van der Waals surface area contributed by atoms with Crippen LogP contribution in [0.4, 0.5) is 0 Å². The molecule has 1 aliphatic rings. The minimum Gasteiger partial charge on any atom is -0.481 e. The lowest BCUT2D eigenvalue weighted by Crippen LogP contribution is -2.40. The van der Waals surface area contributed by atoms with Gasteiger partial charge in [0.05, 0.1) is 6.10 Å². The van der Waals surface area contributed by atoms with E-state index in [1.807, 2.05) is 42.5 Å². The zero-order valence-electron chi connectivity index (χ0n) is 13.9. The summed E-state index contributed by atoms with van der Waals surface area (Å²) in [5.41, 5.74) is 2.28. The Hall–Kier alpha value is -2.33. The van der Waals surface area contributed by atoms with Gasteiger partial charge in [0.15, 0.2) is 6.10 Å². The summed E-state index contributed by atoms with van der Waals surface area (Å²) in [4.78, 5) is 12.1. The van der Waals surface area contributed by atoms with E-state index in [1.165, 1.54) is 0 Å². The van der Waals surface area contributed by atoms with Crippen molar-refractivity contribution in [2.45, 2.75) is 32.0 Å². The van der Waals surface area contributed by atoms with Crippen LogP contribution in [-0.4, -0.2) is 31.3 Å². The Kier molecular flexibility index (Phi) is 5.49. The molecule has 3 rings (SSSR count). The largest absolute Gasteiger partial charge is 0.481 e. The van der Waals surface area contributed by atoms with Gasteiger partial charge in [0, 0.05) is 13.2 Å². The lowest BCUT2D eigenvalue weighted by Gasteiger charge is -2.16. The molecule has 0 aliphatic carbocycles. The van der Waals surface area contributed by atoms with E-state index in [0.717, 1.165) is 30.6 Å². The number of ether oxygens (including phenoxy) is 2. The number of benzene rings is 2. The van der Waals surface area contributed by atoms with E-state index in [-0.39, 0.29) is 12.0 Å². The number of hydrogen-bond acceptors (Lipinski definition) is 3. The molecule has 2 atom stereocenters. The second-order valence-corrected chi connectivity index (χ2v) is 6.03. The monoisotopic (exact) mass is 325 g/mol. The van der Waals surface area contributed by atoms with Crippen LogP contribution in [0.2, 0.25) is 0 Å². The first-order chi connectivity index (χ1) is 11.7. The summed E-state index contributed by atoms with van der Waals surface area (Å²) in [7, 11) is 0. The number of rotatable bonds is 6. The summed E-state index contributed by atoms with van der Waals surface area (Å²) in [6.07, 6.45) is 1.69. The first-order valence-electron chi connectivity index (χ1n) is 8.44. The molecule has 2 aromatic carbocycles. The molecule has 2 aromatic rings. The van der Waals surface area contributed by atoms with Gasteiger partial charge < -0.3 is 14.8 Å². The average Bonchev–Trinajstić information content (AvgIpc) is 3.14. The van der Waals surface area contributed by atoms with Crippen molar-refractivity contribution in [3.63, 3.8) is 0 Å². The van der Waals surface area contributed by atoms with Crippen LogP contribution in [0.25, 0.3) is 11.1 Å². The summed E-state index contributed by atoms with van der Waals surface area (Å²) >= 11 is 0. The highest BCUT2D eigenvalue weighted by atomic mass is 16.5. The minimum absolute atomic E-state index is 0.113. The number of amides is 1. The van der Waals surface area contributed by atoms with Gasteiger partial charge in [-0.15, -0.1) is 0 Å². The second kappa shape index (κ2) is 7.97. The Bertz CT molecular complexity index is 648. The smallest absolute Gasteiger partial charge is 0.260 e. The fourth-order valence-electron chi connectivity index (χ4n) is 2.78. The molecule has 1 aliphatic heterocycles. The zero-order chi connectivity index (χ0) is 16.8. The van der Waals surface area contributed by atoms with Crippen LogP contribution in [0.15, 0.2) is 54.6 Å². The predicted octanol–water partition coefficient (Wildman–Crippen LogP) is 3.42. The van der Waals surface area contributed by atoms with Gasteiger partial charge in [0.25, 0.3) is 5.91 Å². The molecule has 2 unspecified atom stereocenters. The van der Waals surface area contributed by atoms with Crippen LogP contribution in [0.3, 0.4) is 0 Å². The number of carbonyl (C=O) groups excluding carboxylic acids is 1. The molecule has 24 heavy (non-hydrogen) atoms. The standard InChI is InChI=1S/C20H23NO3/c1-15(20(22)21-14-19-8-5-13-23-19)24-18-11-9-17(10-12-18)16-6-3-2-4-7-16/h2-4,6-7,9-12,15,19H,5,8,13-14H2,1H3,(H,21,22). The Morgan fingerprint density at radius 3 is 2.54 bits per heavy atom. The normalized spacial score (nSPS) is 18.1. The zero-order valence-corrected chi connectivity index (χ0v) is 13.9. The van der Waals surface area contributed by atoms with E-state index in [9.17, 15) is 4.79 Å². The summed E-state index contributed by atoms with van der Waals surface area (Å²) < 4.78 is 11.2. The molecule has 4 nitrogen and oxygen atoms in total. The highest BCUT2D eigenvalue weighted by Crippen LogP contribution is 2.22. The first-order valence-corrected chi connectivity index (χ1v) is 8.44. The Morgan fingerprint density at radius 2 is 1.88 bits per heavy atom. The van der Waals surface area contributed by atoms with Crippen molar-refractivity contribution >= 4 is 5.91 Å². The van der Waals surface area contributed by atoms with Gasteiger partial charge >= 0.3 is 0 Å². The Balaban J connectivity index is 1.52. The van der Waals surface area contributed by atoms with Gasteiger partial charge in [-0.3, -0.25) is 4.79 Å². The maximum Gasteiger partial charge on any atom is 0.260 e. The highest BCUT2D eigenvalue weighted by molar-refractivity contribution is 5.80. The summed E-state index contributed by atoms with van der Waals surface area (Å²) in [5, 5.41) is 2.89. The third-order valence-electron chi connectivity index (χ3n) is 4.17. The lowest BCUT2D eigenvalue weighted by atomic mass is 10.1. The quantitative estimate of drug-likeness (QED) is 0.885. The van der Waals surface area contributed by atoms with Crippen molar-refractivity contribution in [3.05, 3.63) is 54.6 Å². The van der Waals surface area contributed by atoms with Gasteiger partial charge in [-0.1, -0.05) is 42.5 Å². The molecule has 126 valence electrons. The van der Waals surface area contributed by atoms with E-state index in [1.54, 1.807) is 6.92 Å². The Labute approximate surface area is 142 Å². The topological polar surface area (TPSA) is 47.6 Å². The fraction of sp³-hybridized carbons (Fsp3) is 0.350. The van der Waals surface area contributed by atoms with Crippen LogP contribution in [0.5, 0.6) is 5.75 Å². The summed E-state index contributed by atoms with van der Waals surface area (Å²) in [6.45, 7) is 3.11. The van der Waals surface area contributed by atoms with Crippen LogP contribution < -0.4 is 10.1 Å². The number of carbonyl (C=O) groups is 1.